The van der Waals surface area contributed by atoms with Gasteiger partial charge in [0.25, 0.3) is 5.56 Å². The van der Waals surface area contributed by atoms with Gasteiger partial charge in [0.15, 0.2) is 10.3 Å². The van der Waals surface area contributed by atoms with Gasteiger partial charge in [-0.15, -0.1) is 0 Å². The molecule has 10 heteroatoms. The minimum Gasteiger partial charge on any atom is -0.495 e. The molecule has 36 heavy (non-hydrogen) atoms. The normalized spacial score (nSPS) is 11.4. The van der Waals surface area contributed by atoms with Crippen LogP contribution in [-0.4, -0.2) is 38.3 Å². The second-order valence-electron chi connectivity index (χ2n) is 7.92. The van der Waals surface area contributed by atoms with Crippen LogP contribution < -0.4 is 15.6 Å². The largest absolute Gasteiger partial charge is 0.495 e. The van der Waals surface area contributed by atoms with Crippen LogP contribution in [0.25, 0.3) is 37.8 Å². The number of ether oxygens (including phenoxy) is 1. The second-order valence-corrected chi connectivity index (χ2v) is 9.90. The van der Waals surface area contributed by atoms with Crippen molar-refractivity contribution in [2.45, 2.75) is 5.16 Å². The monoisotopic (exact) mass is 513 g/mol. The molecule has 0 aliphatic rings. The zero-order chi connectivity index (χ0) is 24.6. The fraction of sp³-hybridized carbons (Fsp3) is 0.0769. The molecular weight excluding hydrogens is 494 g/mol. The summed E-state index contributed by atoms with van der Waals surface area (Å²) in [5, 5.41) is 4.63. The summed E-state index contributed by atoms with van der Waals surface area (Å²) in [5.74, 6) is 0.335. The number of nitrogens with zero attached hydrogens (tertiary/aromatic N) is 3. The standard InChI is InChI=1S/C26H19N5O3S2/c1-34-19-12-6-5-11-18(19)31-24(33)23-22(15-8-2-3-9-16(15)27-23)30-26(31)35-14-21(32)29-25-28-17-10-4-7-13-20(17)36-25/h2-13,27H,14H2,1H3,(H,28,29,32). The molecule has 3 heterocycles. The maximum atomic E-state index is 13.7. The highest BCUT2D eigenvalue weighted by molar-refractivity contribution is 7.99. The summed E-state index contributed by atoms with van der Waals surface area (Å²) in [6.07, 6.45) is 0. The number of methoxy groups -OCH3 is 1. The Kier molecular flexibility index (Phi) is 5.67. The first kappa shape index (κ1) is 22.3. The number of amides is 1. The fourth-order valence-electron chi connectivity index (χ4n) is 4.08. The summed E-state index contributed by atoms with van der Waals surface area (Å²) in [7, 11) is 1.55. The van der Waals surface area contributed by atoms with Crippen LogP contribution >= 0.6 is 23.1 Å². The number of carbonyl (C=O) groups excluding carboxylic acids is 1. The Morgan fingerprint density at radius 1 is 1.06 bits per heavy atom. The Morgan fingerprint density at radius 2 is 1.83 bits per heavy atom. The molecule has 0 atom stereocenters. The first-order valence-corrected chi connectivity index (χ1v) is 12.9. The molecule has 0 radical (unpaired) electrons. The van der Waals surface area contributed by atoms with Crippen LogP contribution in [0, 0.1) is 0 Å². The van der Waals surface area contributed by atoms with E-state index in [4.69, 9.17) is 9.72 Å². The van der Waals surface area contributed by atoms with Gasteiger partial charge in [-0.2, -0.15) is 0 Å². The first-order valence-electron chi connectivity index (χ1n) is 11.1. The predicted octanol–water partition coefficient (Wildman–Crippen LogP) is 5.22. The number of aromatic amines is 1. The predicted molar refractivity (Wildman–Crippen MR) is 145 cm³/mol. The fourth-order valence-corrected chi connectivity index (χ4v) is 5.76. The number of rotatable bonds is 6. The zero-order valence-corrected chi connectivity index (χ0v) is 20.7. The molecule has 2 N–H and O–H groups in total. The molecule has 8 nitrogen and oxygen atoms in total. The highest BCUT2D eigenvalue weighted by atomic mass is 32.2. The van der Waals surface area contributed by atoms with E-state index in [2.05, 4.69) is 15.3 Å². The molecule has 0 bridgehead atoms. The van der Waals surface area contributed by atoms with Crippen LogP contribution in [0.4, 0.5) is 5.13 Å². The summed E-state index contributed by atoms with van der Waals surface area (Å²) in [4.78, 5) is 39.1. The topological polar surface area (TPSA) is 102 Å². The Bertz CT molecular complexity index is 1790. The summed E-state index contributed by atoms with van der Waals surface area (Å²) >= 11 is 2.60. The van der Waals surface area contributed by atoms with Gasteiger partial charge in [-0.05, 0) is 30.3 Å². The van der Waals surface area contributed by atoms with Crippen molar-refractivity contribution in [3.05, 3.63) is 83.2 Å². The van der Waals surface area contributed by atoms with E-state index >= 15 is 0 Å². The molecule has 178 valence electrons. The smallest absolute Gasteiger partial charge is 0.283 e. The first-order chi connectivity index (χ1) is 17.6. The molecule has 0 unspecified atom stereocenters. The summed E-state index contributed by atoms with van der Waals surface area (Å²) < 4.78 is 8.01. The van der Waals surface area contributed by atoms with Gasteiger partial charge in [-0.3, -0.25) is 9.59 Å². The van der Waals surface area contributed by atoms with Crippen molar-refractivity contribution in [1.29, 1.82) is 0 Å². The van der Waals surface area contributed by atoms with E-state index in [0.717, 1.165) is 21.1 Å². The zero-order valence-electron chi connectivity index (χ0n) is 19.0. The van der Waals surface area contributed by atoms with Crippen molar-refractivity contribution in [2.24, 2.45) is 0 Å². The van der Waals surface area contributed by atoms with Crippen molar-refractivity contribution >= 4 is 66.3 Å². The molecule has 0 saturated heterocycles. The van der Waals surface area contributed by atoms with Crippen LogP contribution in [0.3, 0.4) is 0 Å². The average molecular weight is 514 g/mol. The number of thioether (sulfide) groups is 1. The Hall–Kier alpha value is -4.15. The lowest BCUT2D eigenvalue weighted by Gasteiger charge is -2.14. The van der Waals surface area contributed by atoms with Gasteiger partial charge in [0.2, 0.25) is 5.91 Å². The number of nitrogens with one attached hydrogen (secondary N) is 2. The van der Waals surface area contributed by atoms with Crippen molar-refractivity contribution in [3.63, 3.8) is 0 Å². The van der Waals surface area contributed by atoms with Crippen molar-refractivity contribution in [1.82, 2.24) is 19.5 Å². The van der Waals surface area contributed by atoms with E-state index < -0.39 is 0 Å². The van der Waals surface area contributed by atoms with Crippen molar-refractivity contribution < 1.29 is 9.53 Å². The number of fused-ring (bicyclic) bond motifs is 4. The Labute approximate surface area is 213 Å². The molecule has 6 aromatic rings. The van der Waals surface area contributed by atoms with Crippen LogP contribution in [-0.2, 0) is 4.79 Å². The Morgan fingerprint density at radius 3 is 2.69 bits per heavy atom. The minimum absolute atomic E-state index is 0.0470. The van der Waals surface area contributed by atoms with Crippen molar-refractivity contribution in [3.8, 4) is 11.4 Å². The average Bonchev–Trinajstić information content (AvgIpc) is 3.48. The third-order valence-corrected chi connectivity index (χ3v) is 7.58. The number of anilines is 1. The maximum absolute atomic E-state index is 13.7. The maximum Gasteiger partial charge on any atom is 0.283 e. The van der Waals surface area contributed by atoms with Gasteiger partial charge >= 0.3 is 0 Å². The van der Waals surface area contributed by atoms with Crippen LogP contribution in [0.15, 0.2) is 82.7 Å². The van der Waals surface area contributed by atoms with Crippen LogP contribution in [0.2, 0.25) is 0 Å². The van der Waals surface area contributed by atoms with Crippen molar-refractivity contribution in [2.75, 3.05) is 18.2 Å². The molecule has 0 saturated carbocycles. The van der Waals surface area contributed by atoms with E-state index in [0.29, 0.717) is 32.8 Å². The third kappa shape index (κ3) is 3.90. The molecule has 0 fully saturated rings. The minimum atomic E-state index is -0.269. The lowest BCUT2D eigenvalue weighted by molar-refractivity contribution is -0.113. The molecular formula is C26H19N5O3S2. The number of aromatic nitrogens is 4. The number of hydrogen-bond acceptors (Lipinski definition) is 7. The highest BCUT2D eigenvalue weighted by Gasteiger charge is 2.20. The molecule has 3 aromatic heterocycles. The van der Waals surface area contributed by atoms with Gasteiger partial charge in [0.05, 0.1) is 28.8 Å². The lowest BCUT2D eigenvalue weighted by atomic mass is 10.2. The molecule has 1 amide bonds. The molecule has 3 aromatic carbocycles. The number of thiazole rings is 1. The number of benzene rings is 3. The lowest BCUT2D eigenvalue weighted by Crippen LogP contribution is -2.23. The second kappa shape index (κ2) is 9.14. The number of para-hydroxylation sites is 4. The van der Waals surface area contributed by atoms with E-state index in [1.165, 1.54) is 27.7 Å². The van der Waals surface area contributed by atoms with E-state index in [9.17, 15) is 9.59 Å². The number of H-pyrrole nitrogens is 1. The van der Waals surface area contributed by atoms with Crippen LogP contribution in [0.1, 0.15) is 0 Å². The van der Waals surface area contributed by atoms with Gasteiger partial charge in [0.1, 0.15) is 16.8 Å². The number of carbonyl (C=O) groups is 1. The van der Waals surface area contributed by atoms with E-state index in [1.54, 1.807) is 19.2 Å². The SMILES string of the molecule is COc1ccccc1-n1c(SCC(=O)Nc2nc3ccccc3s2)nc2c([nH]c3ccccc32)c1=O. The molecule has 0 aliphatic carbocycles. The van der Waals surface area contributed by atoms with Crippen LogP contribution in [0.5, 0.6) is 5.75 Å². The van der Waals surface area contributed by atoms with Gasteiger partial charge < -0.3 is 15.0 Å². The summed E-state index contributed by atoms with van der Waals surface area (Å²) in [6.45, 7) is 0. The highest BCUT2D eigenvalue weighted by Crippen LogP contribution is 2.30. The van der Waals surface area contributed by atoms with Gasteiger partial charge in [0, 0.05) is 10.9 Å². The summed E-state index contributed by atoms with van der Waals surface area (Å²) in [6, 6.07) is 22.6. The quantitative estimate of drug-likeness (QED) is 0.234. The number of hydrogen-bond donors (Lipinski definition) is 2. The van der Waals surface area contributed by atoms with E-state index in [-0.39, 0.29) is 17.2 Å². The van der Waals surface area contributed by atoms with Gasteiger partial charge in [-0.1, -0.05) is 65.6 Å². The molecule has 6 rings (SSSR count). The molecule has 0 spiro atoms. The van der Waals surface area contributed by atoms with E-state index in [1.807, 2.05) is 60.7 Å². The van der Waals surface area contributed by atoms with Gasteiger partial charge in [-0.25, -0.2) is 14.5 Å². The Balaban J connectivity index is 1.40. The molecule has 0 aliphatic heterocycles. The third-order valence-electron chi connectivity index (χ3n) is 5.69. The summed E-state index contributed by atoms with van der Waals surface area (Å²) in [5.41, 5.74) is 2.89.